The second-order valence-corrected chi connectivity index (χ2v) is 4.93. The average molecular weight is 257 g/mol. The van der Waals surface area contributed by atoms with E-state index < -0.39 is 0 Å². The van der Waals surface area contributed by atoms with Gasteiger partial charge in [-0.3, -0.25) is 0 Å². The Labute approximate surface area is 111 Å². The molecule has 0 fully saturated rings. The van der Waals surface area contributed by atoms with Crippen molar-refractivity contribution in [2.24, 2.45) is 5.92 Å². The minimum atomic E-state index is -0.339. The first-order chi connectivity index (χ1) is 8.52. The molecule has 1 amide bonds. The van der Waals surface area contributed by atoms with Crippen LogP contribution in [0.15, 0.2) is 12.2 Å². The number of rotatable bonds is 9. The zero-order chi connectivity index (χ0) is 13.8. The van der Waals surface area contributed by atoms with Gasteiger partial charge < -0.3 is 14.8 Å². The maximum atomic E-state index is 11.1. The molecule has 0 aliphatic carbocycles. The normalized spacial score (nSPS) is 11.4. The fourth-order valence-electron chi connectivity index (χ4n) is 1.22. The van der Waals surface area contributed by atoms with E-state index in [0.29, 0.717) is 19.1 Å². The zero-order valence-corrected chi connectivity index (χ0v) is 12.1. The number of unbranched alkanes of at least 4 members (excludes halogenated alkanes) is 1. The molecule has 0 atom stereocenters. The van der Waals surface area contributed by atoms with Crippen molar-refractivity contribution in [3.05, 3.63) is 12.2 Å². The smallest absolute Gasteiger partial charge is 0.407 e. The van der Waals surface area contributed by atoms with Crippen molar-refractivity contribution in [1.29, 1.82) is 0 Å². The van der Waals surface area contributed by atoms with E-state index in [4.69, 9.17) is 9.47 Å². The lowest BCUT2D eigenvalue weighted by Crippen LogP contribution is -2.27. The van der Waals surface area contributed by atoms with Crippen molar-refractivity contribution in [1.82, 2.24) is 5.32 Å². The Morgan fingerprint density at radius 2 is 1.94 bits per heavy atom. The maximum Gasteiger partial charge on any atom is 0.407 e. The summed E-state index contributed by atoms with van der Waals surface area (Å²) in [4.78, 5) is 11.1. The summed E-state index contributed by atoms with van der Waals surface area (Å²) in [5.74, 6) is 0.578. The maximum absolute atomic E-state index is 11.1. The monoisotopic (exact) mass is 257 g/mol. The van der Waals surface area contributed by atoms with Gasteiger partial charge in [0.1, 0.15) is 0 Å². The number of amides is 1. The molecule has 0 saturated heterocycles. The number of nitrogens with one attached hydrogen (secondary N) is 1. The summed E-state index contributed by atoms with van der Waals surface area (Å²) in [6.07, 6.45) is 5.54. The first-order valence-corrected chi connectivity index (χ1v) is 6.69. The molecule has 0 aromatic rings. The minimum absolute atomic E-state index is 0.0667. The fourth-order valence-corrected chi connectivity index (χ4v) is 1.22. The highest BCUT2D eigenvalue weighted by Gasteiger charge is 2.02. The van der Waals surface area contributed by atoms with Gasteiger partial charge in [0.05, 0.1) is 12.7 Å². The lowest BCUT2D eigenvalue weighted by atomic mass is 10.2. The van der Waals surface area contributed by atoms with Crippen molar-refractivity contribution in [2.75, 3.05) is 19.8 Å². The molecule has 4 heteroatoms. The molecular weight excluding hydrogens is 230 g/mol. The summed E-state index contributed by atoms with van der Waals surface area (Å²) in [6.45, 7) is 10.0. The van der Waals surface area contributed by atoms with Crippen LogP contribution in [0, 0.1) is 5.92 Å². The van der Waals surface area contributed by atoms with Gasteiger partial charge in [0.2, 0.25) is 0 Å². The van der Waals surface area contributed by atoms with Gasteiger partial charge in [0.25, 0.3) is 0 Å². The first kappa shape index (κ1) is 17.0. The number of ether oxygens (including phenoxy) is 2. The Bertz CT molecular complexity index is 237. The van der Waals surface area contributed by atoms with Crippen molar-refractivity contribution >= 4 is 6.09 Å². The van der Waals surface area contributed by atoms with E-state index in [0.717, 1.165) is 19.4 Å². The Morgan fingerprint density at radius 1 is 1.22 bits per heavy atom. The molecule has 106 valence electrons. The third kappa shape index (κ3) is 13.0. The molecule has 0 unspecified atom stereocenters. The number of alkyl carbamates (subject to hydrolysis) is 1. The van der Waals surface area contributed by atoms with E-state index in [1.807, 2.05) is 19.9 Å². The molecule has 1 N–H and O–H groups in total. The Kier molecular flexibility index (Phi) is 10.4. The summed E-state index contributed by atoms with van der Waals surface area (Å²) >= 11 is 0. The van der Waals surface area contributed by atoms with Crippen LogP contribution in [0.3, 0.4) is 0 Å². The Morgan fingerprint density at radius 3 is 2.56 bits per heavy atom. The molecule has 0 aliphatic heterocycles. The molecule has 0 spiro atoms. The minimum Gasteiger partial charge on any atom is -0.447 e. The van der Waals surface area contributed by atoms with Gasteiger partial charge in [-0.05, 0) is 32.6 Å². The second kappa shape index (κ2) is 11.1. The quantitative estimate of drug-likeness (QED) is 0.510. The molecule has 0 aliphatic rings. The largest absolute Gasteiger partial charge is 0.447 e. The second-order valence-electron chi connectivity index (χ2n) is 4.93. The van der Waals surface area contributed by atoms with Crippen molar-refractivity contribution in [2.45, 2.75) is 46.6 Å². The van der Waals surface area contributed by atoms with Gasteiger partial charge in [0.15, 0.2) is 0 Å². The number of carbonyl (C=O) groups is 1. The van der Waals surface area contributed by atoms with Crippen molar-refractivity contribution in [3.8, 4) is 0 Å². The predicted molar refractivity (Wildman–Crippen MR) is 73.7 cm³/mol. The third-order valence-electron chi connectivity index (χ3n) is 1.99. The van der Waals surface area contributed by atoms with Crippen LogP contribution in [0.4, 0.5) is 4.79 Å². The average Bonchev–Trinajstić information content (AvgIpc) is 2.25. The summed E-state index contributed by atoms with van der Waals surface area (Å²) in [6, 6.07) is 0. The van der Waals surface area contributed by atoms with Crippen LogP contribution in [0.1, 0.15) is 40.5 Å². The summed E-state index contributed by atoms with van der Waals surface area (Å²) < 4.78 is 10.4. The van der Waals surface area contributed by atoms with Crippen LogP contribution in [0.2, 0.25) is 0 Å². The molecule has 0 heterocycles. The number of hydrogen-bond donors (Lipinski definition) is 1. The van der Waals surface area contributed by atoms with Gasteiger partial charge in [-0.2, -0.15) is 0 Å². The van der Waals surface area contributed by atoms with Crippen LogP contribution in [0.25, 0.3) is 0 Å². The Hall–Kier alpha value is -1.03. The van der Waals surface area contributed by atoms with E-state index in [-0.39, 0.29) is 12.2 Å². The van der Waals surface area contributed by atoms with E-state index >= 15 is 0 Å². The molecule has 0 rings (SSSR count). The van der Waals surface area contributed by atoms with E-state index in [1.165, 1.54) is 0 Å². The molecule has 18 heavy (non-hydrogen) atoms. The van der Waals surface area contributed by atoms with Gasteiger partial charge in [0, 0.05) is 13.2 Å². The Balaban J connectivity index is 3.29. The SMILES string of the molecule is CC(C)COC/C=C/CCCNC(=O)OC(C)C. The molecule has 4 nitrogen and oxygen atoms in total. The van der Waals surface area contributed by atoms with E-state index in [2.05, 4.69) is 25.2 Å². The number of allylic oxidation sites excluding steroid dienone is 1. The van der Waals surface area contributed by atoms with Gasteiger partial charge in [-0.15, -0.1) is 0 Å². The van der Waals surface area contributed by atoms with Gasteiger partial charge >= 0.3 is 6.09 Å². The molecule has 0 bridgehead atoms. The zero-order valence-electron chi connectivity index (χ0n) is 12.1. The number of carbonyl (C=O) groups excluding carboxylic acids is 1. The summed E-state index contributed by atoms with van der Waals surface area (Å²) in [7, 11) is 0. The lowest BCUT2D eigenvalue weighted by Gasteiger charge is -2.08. The third-order valence-corrected chi connectivity index (χ3v) is 1.99. The van der Waals surface area contributed by atoms with Crippen LogP contribution in [0.5, 0.6) is 0 Å². The molecular formula is C14H27NO3. The predicted octanol–water partition coefficient (Wildman–Crippen LogP) is 3.13. The highest BCUT2D eigenvalue weighted by atomic mass is 16.6. The standard InChI is InChI=1S/C14H27NO3/c1-12(2)11-17-10-8-6-5-7-9-15-14(16)18-13(3)4/h6,8,12-13H,5,7,9-11H2,1-4H3,(H,15,16)/b8-6+. The van der Waals surface area contributed by atoms with Crippen LogP contribution >= 0.6 is 0 Å². The van der Waals surface area contributed by atoms with Crippen molar-refractivity contribution in [3.63, 3.8) is 0 Å². The summed E-state index contributed by atoms with van der Waals surface area (Å²) in [5, 5.41) is 2.70. The highest BCUT2D eigenvalue weighted by Crippen LogP contribution is 1.94. The lowest BCUT2D eigenvalue weighted by molar-refractivity contribution is 0.115. The number of hydrogen-bond acceptors (Lipinski definition) is 3. The first-order valence-electron chi connectivity index (χ1n) is 6.69. The van der Waals surface area contributed by atoms with Crippen LogP contribution in [-0.4, -0.2) is 32.0 Å². The fraction of sp³-hybridized carbons (Fsp3) is 0.786. The van der Waals surface area contributed by atoms with Gasteiger partial charge in [-0.25, -0.2) is 4.79 Å². The van der Waals surface area contributed by atoms with Crippen molar-refractivity contribution < 1.29 is 14.3 Å². The molecule has 0 aromatic carbocycles. The summed E-state index contributed by atoms with van der Waals surface area (Å²) in [5.41, 5.74) is 0. The highest BCUT2D eigenvalue weighted by molar-refractivity contribution is 5.67. The van der Waals surface area contributed by atoms with E-state index in [9.17, 15) is 4.79 Å². The topological polar surface area (TPSA) is 47.6 Å². The van der Waals surface area contributed by atoms with Crippen LogP contribution in [-0.2, 0) is 9.47 Å². The molecule has 0 aromatic heterocycles. The molecule has 0 radical (unpaired) electrons. The van der Waals surface area contributed by atoms with Crippen LogP contribution < -0.4 is 5.32 Å². The van der Waals surface area contributed by atoms with E-state index in [1.54, 1.807) is 0 Å². The van der Waals surface area contributed by atoms with Gasteiger partial charge in [-0.1, -0.05) is 26.0 Å². The molecule has 0 saturated carbocycles.